The van der Waals surface area contributed by atoms with Gasteiger partial charge in [-0.3, -0.25) is 4.79 Å². The van der Waals surface area contributed by atoms with Gasteiger partial charge in [-0.15, -0.1) is 0 Å². The minimum atomic E-state index is -0.707. The number of benzene rings is 2. The Morgan fingerprint density at radius 1 is 0.909 bits per heavy atom. The molecule has 0 bridgehead atoms. The van der Waals surface area contributed by atoms with Crippen LogP contribution < -0.4 is 5.32 Å². The Bertz CT molecular complexity index is 581. The quantitative estimate of drug-likeness (QED) is 0.677. The number of hydrogen-bond acceptors (Lipinski definition) is 2. The van der Waals surface area contributed by atoms with Gasteiger partial charge in [0.2, 0.25) is 0 Å². The number of nitrogens with one attached hydrogen (secondary N) is 1. The minimum Gasteiger partial charge on any atom is -0.481 e. The average molecular weight is 297 g/mol. The van der Waals surface area contributed by atoms with Crippen LogP contribution in [-0.2, 0) is 11.2 Å². The predicted octanol–water partition coefficient (Wildman–Crippen LogP) is 4.33. The third-order valence-corrected chi connectivity index (χ3v) is 3.64. The molecule has 0 heterocycles. The number of hydrogen-bond donors (Lipinski definition) is 2. The average Bonchev–Trinajstić information content (AvgIpc) is 2.53. The molecule has 22 heavy (non-hydrogen) atoms. The fourth-order valence-corrected chi connectivity index (χ4v) is 2.46. The fraction of sp³-hybridized carbons (Fsp3) is 0.316. The molecule has 0 unspecified atom stereocenters. The van der Waals surface area contributed by atoms with Gasteiger partial charge in [0, 0.05) is 18.7 Å². The van der Waals surface area contributed by atoms with Crippen LogP contribution in [0.25, 0.3) is 0 Å². The van der Waals surface area contributed by atoms with E-state index >= 15 is 0 Å². The SMILES string of the molecule is O=C(O)CCCCCNc1ccccc1Cc1ccccc1. The topological polar surface area (TPSA) is 49.3 Å². The summed E-state index contributed by atoms with van der Waals surface area (Å²) in [6, 6.07) is 18.8. The molecule has 2 rings (SSSR count). The first kappa shape index (κ1) is 16.1. The summed E-state index contributed by atoms with van der Waals surface area (Å²) in [5.74, 6) is -0.707. The number of carboxylic acid groups (broad SMARTS) is 1. The maximum atomic E-state index is 10.5. The van der Waals surface area contributed by atoms with Crippen LogP contribution in [0.4, 0.5) is 5.69 Å². The molecule has 0 aromatic heterocycles. The summed E-state index contributed by atoms with van der Waals surface area (Å²) in [7, 11) is 0. The third-order valence-electron chi connectivity index (χ3n) is 3.64. The highest BCUT2D eigenvalue weighted by Gasteiger charge is 2.02. The Morgan fingerprint density at radius 3 is 2.41 bits per heavy atom. The van der Waals surface area contributed by atoms with Crippen LogP contribution in [0.2, 0.25) is 0 Å². The Kier molecular flexibility index (Phi) is 6.49. The summed E-state index contributed by atoms with van der Waals surface area (Å²) in [6.07, 6.45) is 3.88. The van der Waals surface area contributed by atoms with Gasteiger partial charge in [-0.05, 0) is 36.5 Å². The molecule has 0 atom stereocenters. The van der Waals surface area contributed by atoms with Gasteiger partial charge in [0.05, 0.1) is 0 Å². The molecule has 2 N–H and O–H groups in total. The monoisotopic (exact) mass is 297 g/mol. The Hall–Kier alpha value is -2.29. The van der Waals surface area contributed by atoms with Crippen molar-refractivity contribution in [3.8, 4) is 0 Å². The van der Waals surface area contributed by atoms with Crippen LogP contribution in [-0.4, -0.2) is 17.6 Å². The van der Waals surface area contributed by atoms with E-state index in [0.29, 0.717) is 0 Å². The molecule has 3 heteroatoms. The molecule has 0 fully saturated rings. The second-order valence-electron chi connectivity index (χ2n) is 5.45. The molecule has 0 saturated heterocycles. The number of carbonyl (C=O) groups is 1. The first-order valence-electron chi connectivity index (χ1n) is 7.83. The van der Waals surface area contributed by atoms with E-state index in [1.165, 1.54) is 16.8 Å². The van der Waals surface area contributed by atoms with Crippen molar-refractivity contribution in [1.29, 1.82) is 0 Å². The van der Waals surface area contributed by atoms with E-state index in [9.17, 15) is 4.79 Å². The van der Waals surface area contributed by atoms with Crippen molar-refractivity contribution >= 4 is 11.7 Å². The van der Waals surface area contributed by atoms with E-state index < -0.39 is 5.97 Å². The van der Waals surface area contributed by atoms with Crippen LogP contribution >= 0.6 is 0 Å². The van der Waals surface area contributed by atoms with Crippen molar-refractivity contribution in [3.05, 3.63) is 65.7 Å². The Morgan fingerprint density at radius 2 is 1.64 bits per heavy atom. The highest BCUT2D eigenvalue weighted by Crippen LogP contribution is 2.19. The molecule has 0 saturated carbocycles. The normalized spacial score (nSPS) is 10.4. The summed E-state index contributed by atoms with van der Waals surface area (Å²) < 4.78 is 0. The maximum Gasteiger partial charge on any atom is 0.303 e. The molecular formula is C19H23NO2. The van der Waals surface area contributed by atoms with Gasteiger partial charge in [-0.2, -0.15) is 0 Å². The van der Waals surface area contributed by atoms with E-state index in [2.05, 4.69) is 47.8 Å². The summed E-state index contributed by atoms with van der Waals surface area (Å²) in [6.45, 7) is 0.880. The van der Waals surface area contributed by atoms with Crippen molar-refractivity contribution in [1.82, 2.24) is 0 Å². The molecule has 0 aliphatic rings. The zero-order chi connectivity index (χ0) is 15.6. The first-order valence-corrected chi connectivity index (χ1v) is 7.83. The van der Waals surface area contributed by atoms with E-state index in [1.807, 2.05) is 12.1 Å². The number of para-hydroxylation sites is 1. The summed E-state index contributed by atoms with van der Waals surface area (Å²) in [5.41, 5.74) is 3.77. The smallest absolute Gasteiger partial charge is 0.303 e. The largest absolute Gasteiger partial charge is 0.481 e. The number of rotatable bonds is 9. The Labute approximate surface area is 132 Å². The van der Waals surface area contributed by atoms with Gasteiger partial charge >= 0.3 is 5.97 Å². The van der Waals surface area contributed by atoms with Crippen LogP contribution in [0.1, 0.15) is 36.8 Å². The van der Waals surface area contributed by atoms with Gasteiger partial charge in [0.1, 0.15) is 0 Å². The standard InChI is InChI=1S/C19H23NO2/c21-19(22)13-5-2-8-14-20-18-12-7-6-11-17(18)15-16-9-3-1-4-10-16/h1,3-4,6-7,9-12,20H,2,5,8,13-15H2,(H,21,22). The highest BCUT2D eigenvalue weighted by atomic mass is 16.4. The summed E-state index contributed by atoms with van der Waals surface area (Å²) in [4.78, 5) is 10.5. The number of unbranched alkanes of at least 4 members (excludes halogenated alkanes) is 2. The van der Waals surface area contributed by atoms with Crippen molar-refractivity contribution in [2.24, 2.45) is 0 Å². The van der Waals surface area contributed by atoms with Gasteiger partial charge < -0.3 is 10.4 Å². The highest BCUT2D eigenvalue weighted by molar-refractivity contribution is 5.66. The van der Waals surface area contributed by atoms with Crippen LogP contribution in [0.5, 0.6) is 0 Å². The van der Waals surface area contributed by atoms with Crippen LogP contribution in [0, 0.1) is 0 Å². The van der Waals surface area contributed by atoms with Crippen LogP contribution in [0.15, 0.2) is 54.6 Å². The van der Waals surface area contributed by atoms with Crippen molar-refractivity contribution in [2.45, 2.75) is 32.1 Å². The van der Waals surface area contributed by atoms with E-state index in [-0.39, 0.29) is 6.42 Å². The van der Waals surface area contributed by atoms with Crippen molar-refractivity contribution in [2.75, 3.05) is 11.9 Å². The summed E-state index contributed by atoms with van der Waals surface area (Å²) in [5, 5.41) is 12.1. The molecule has 3 nitrogen and oxygen atoms in total. The molecule has 2 aromatic carbocycles. The number of aliphatic carboxylic acids is 1. The van der Waals surface area contributed by atoms with Crippen LogP contribution in [0.3, 0.4) is 0 Å². The lowest BCUT2D eigenvalue weighted by molar-refractivity contribution is -0.137. The fourth-order valence-electron chi connectivity index (χ4n) is 2.46. The zero-order valence-electron chi connectivity index (χ0n) is 12.8. The molecule has 0 amide bonds. The molecule has 0 aliphatic heterocycles. The first-order chi connectivity index (χ1) is 10.8. The van der Waals surface area contributed by atoms with Crippen molar-refractivity contribution in [3.63, 3.8) is 0 Å². The lowest BCUT2D eigenvalue weighted by Crippen LogP contribution is -2.05. The molecule has 2 aromatic rings. The zero-order valence-corrected chi connectivity index (χ0v) is 12.8. The molecule has 0 aliphatic carbocycles. The number of anilines is 1. The van der Waals surface area contributed by atoms with Gasteiger partial charge in [0.15, 0.2) is 0 Å². The van der Waals surface area contributed by atoms with Gasteiger partial charge in [-0.1, -0.05) is 55.0 Å². The molecular weight excluding hydrogens is 274 g/mol. The Balaban J connectivity index is 1.82. The third kappa shape index (κ3) is 5.60. The minimum absolute atomic E-state index is 0.268. The lowest BCUT2D eigenvalue weighted by Gasteiger charge is -2.12. The van der Waals surface area contributed by atoms with Gasteiger partial charge in [0.25, 0.3) is 0 Å². The predicted molar refractivity (Wildman–Crippen MR) is 90.3 cm³/mol. The van der Waals surface area contributed by atoms with Crippen molar-refractivity contribution < 1.29 is 9.90 Å². The second kappa shape index (κ2) is 8.88. The van der Waals surface area contributed by atoms with E-state index in [4.69, 9.17) is 5.11 Å². The lowest BCUT2D eigenvalue weighted by atomic mass is 10.0. The molecule has 0 spiro atoms. The second-order valence-corrected chi connectivity index (χ2v) is 5.45. The number of carboxylic acids is 1. The van der Waals surface area contributed by atoms with Gasteiger partial charge in [-0.25, -0.2) is 0 Å². The maximum absolute atomic E-state index is 10.5. The van der Waals surface area contributed by atoms with E-state index in [0.717, 1.165) is 32.2 Å². The molecule has 116 valence electrons. The summed E-state index contributed by atoms with van der Waals surface area (Å²) >= 11 is 0. The van der Waals surface area contributed by atoms with E-state index in [1.54, 1.807) is 0 Å². The molecule has 0 radical (unpaired) electrons.